The van der Waals surface area contributed by atoms with Crippen molar-refractivity contribution in [2.24, 2.45) is 28.2 Å². The molecule has 8 rings (SSSR count). The summed E-state index contributed by atoms with van der Waals surface area (Å²) in [7, 11) is 1.51. The monoisotopic (exact) mass is 607 g/mol. The quantitative estimate of drug-likeness (QED) is 0.196. The second kappa shape index (κ2) is 11.6. The first kappa shape index (κ1) is 29.5. The van der Waals surface area contributed by atoms with Crippen LogP contribution in [-0.2, 0) is 25.9 Å². The number of hydrogen-bond donors (Lipinski definition) is 1. The average molecular weight is 608 g/mol. The molecule has 3 fully saturated rings. The van der Waals surface area contributed by atoms with Crippen LogP contribution in [0.5, 0.6) is 5.75 Å². The van der Waals surface area contributed by atoms with Crippen LogP contribution < -0.4 is 15.6 Å². The van der Waals surface area contributed by atoms with Crippen LogP contribution in [0.4, 0.5) is 10.1 Å². The van der Waals surface area contributed by atoms with Crippen LogP contribution in [0.15, 0.2) is 76.8 Å². The fourth-order valence-corrected chi connectivity index (χ4v) is 7.94. The van der Waals surface area contributed by atoms with Crippen molar-refractivity contribution in [2.75, 3.05) is 19.0 Å². The smallest absolute Gasteiger partial charge is 0.261 e. The zero-order valence-corrected chi connectivity index (χ0v) is 26.6. The molecule has 0 radical (unpaired) electrons. The van der Waals surface area contributed by atoms with Crippen LogP contribution in [0.1, 0.15) is 50.3 Å². The molecule has 3 aliphatic carbocycles. The van der Waals surface area contributed by atoms with Crippen molar-refractivity contribution < 1.29 is 9.13 Å². The van der Waals surface area contributed by atoms with E-state index in [0.717, 1.165) is 43.5 Å². The van der Waals surface area contributed by atoms with Gasteiger partial charge in [-0.1, -0.05) is 51.1 Å². The summed E-state index contributed by atoms with van der Waals surface area (Å²) in [5, 5.41) is 4.20. The number of benzene rings is 3. The first-order valence-corrected chi connectivity index (χ1v) is 16.2. The lowest BCUT2D eigenvalue weighted by molar-refractivity contribution is -0.108. The molecule has 1 aromatic heterocycles. The van der Waals surface area contributed by atoms with Crippen molar-refractivity contribution in [2.45, 2.75) is 65.6 Å². The van der Waals surface area contributed by atoms with Gasteiger partial charge in [0.1, 0.15) is 11.6 Å². The number of aromatic nitrogens is 2. The second-order valence-corrected chi connectivity index (χ2v) is 13.7. The predicted octanol–water partition coefficient (Wildman–Crippen LogP) is 6.68. The molecular weight excluding hydrogens is 565 g/mol. The van der Waals surface area contributed by atoms with Crippen LogP contribution in [-0.4, -0.2) is 40.1 Å². The highest BCUT2D eigenvalue weighted by Gasteiger charge is 2.56. The molecule has 4 atom stereocenters. The fourth-order valence-electron chi connectivity index (χ4n) is 7.94. The second-order valence-electron chi connectivity index (χ2n) is 13.7. The van der Waals surface area contributed by atoms with E-state index in [1.807, 2.05) is 18.2 Å². The molecule has 2 bridgehead atoms. The van der Waals surface area contributed by atoms with E-state index in [1.54, 1.807) is 23.0 Å². The summed E-state index contributed by atoms with van der Waals surface area (Å²) in [6.45, 7) is 9.27. The molecular formula is C37H42FN5O2. The Balaban J connectivity index is 1.14. The maximum absolute atomic E-state index is 14.5. The van der Waals surface area contributed by atoms with Gasteiger partial charge in [0.2, 0.25) is 0 Å². The summed E-state index contributed by atoms with van der Waals surface area (Å²) >= 11 is 0. The van der Waals surface area contributed by atoms with Gasteiger partial charge in [0.05, 0.1) is 30.4 Å². The Kier molecular flexibility index (Phi) is 7.62. The third-order valence-electron chi connectivity index (χ3n) is 11.0. The molecule has 1 N–H and O–H groups in total. The number of nitrogens with one attached hydrogen (secondary N) is 1. The summed E-state index contributed by atoms with van der Waals surface area (Å²) in [5.74, 6) is 2.99. The topological polar surface area (TPSA) is 71.8 Å². The Bertz CT molecular complexity index is 1830. The fraction of sp³-hybridized carbons (Fsp3) is 0.432. The van der Waals surface area contributed by atoms with Crippen molar-refractivity contribution in [1.82, 2.24) is 14.5 Å². The lowest BCUT2D eigenvalue weighted by Gasteiger charge is -2.61. The van der Waals surface area contributed by atoms with Gasteiger partial charge in [-0.25, -0.2) is 14.4 Å². The molecule has 0 spiro atoms. The van der Waals surface area contributed by atoms with E-state index in [1.165, 1.54) is 30.7 Å². The number of methoxy groups -OCH3 is 1. The first-order valence-electron chi connectivity index (χ1n) is 16.2. The number of nitrogens with zero attached hydrogens (tertiary/aromatic N) is 4. The Hall–Kier alpha value is -4.20. The molecule has 3 saturated carbocycles. The highest BCUT2D eigenvalue weighted by molar-refractivity contribution is 5.96. The molecule has 0 unspecified atom stereocenters. The number of halogens is 1. The zero-order chi connectivity index (χ0) is 31.3. The van der Waals surface area contributed by atoms with Gasteiger partial charge in [-0.05, 0) is 89.8 Å². The van der Waals surface area contributed by atoms with Gasteiger partial charge >= 0.3 is 0 Å². The molecule has 7 nitrogen and oxygen atoms in total. The third kappa shape index (κ3) is 5.49. The zero-order valence-electron chi connectivity index (χ0n) is 26.6. The lowest BCUT2D eigenvalue weighted by atomic mass is 9.45. The minimum Gasteiger partial charge on any atom is -0.497 e. The van der Waals surface area contributed by atoms with Gasteiger partial charge in [-0.15, -0.1) is 0 Å². The van der Waals surface area contributed by atoms with E-state index in [2.05, 4.69) is 60.2 Å². The summed E-state index contributed by atoms with van der Waals surface area (Å²) in [6.07, 6.45) is 5.36. The minimum absolute atomic E-state index is 0.139. The first-order chi connectivity index (χ1) is 21.7. The summed E-state index contributed by atoms with van der Waals surface area (Å²) in [6, 6.07) is 19.5. The van der Waals surface area contributed by atoms with E-state index in [4.69, 9.17) is 9.73 Å². The van der Waals surface area contributed by atoms with Gasteiger partial charge in [-0.3, -0.25) is 9.36 Å². The normalized spacial score (nSPS) is 23.8. The molecule has 0 saturated heterocycles. The van der Waals surface area contributed by atoms with E-state index >= 15 is 0 Å². The van der Waals surface area contributed by atoms with E-state index in [-0.39, 0.29) is 17.4 Å². The highest BCUT2D eigenvalue weighted by Crippen LogP contribution is 2.61. The highest BCUT2D eigenvalue weighted by atomic mass is 19.1. The van der Waals surface area contributed by atoms with Crippen LogP contribution in [0.25, 0.3) is 10.9 Å². The molecule has 4 aromatic rings. The van der Waals surface area contributed by atoms with Crippen molar-refractivity contribution in [3.8, 4) is 5.75 Å². The number of aryl methyl sites for hydroxylation is 2. The van der Waals surface area contributed by atoms with Crippen molar-refractivity contribution in [3.63, 3.8) is 0 Å². The van der Waals surface area contributed by atoms with Crippen molar-refractivity contribution >= 4 is 22.5 Å². The van der Waals surface area contributed by atoms with Gasteiger partial charge in [0.15, 0.2) is 5.96 Å². The Morgan fingerprint density at radius 3 is 2.69 bits per heavy atom. The molecule has 0 amide bonds. The number of hydrogen-bond acceptors (Lipinski definition) is 4. The van der Waals surface area contributed by atoms with Crippen molar-refractivity contribution in [1.29, 1.82) is 0 Å². The largest absolute Gasteiger partial charge is 0.497 e. The van der Waals surface area contributed by atoms with Gasteiger partial charge < -0.3 is 15.0 Å². The van der Waals surface area contributed by atoms with Crippen LogP contribution in [0.2, 0.25) is 0 Å². The molecule has 2 heterocycles. The van der Waals surface area contributed by atoms with Crippen LogP contribution in [0.3, 0.4) is 0 Å². The molecule has 45 heavy (non-hydrogen) atoms. The molecule has 1 aliphatic heterocycles. The SMILES string of the molecule is COc1ccc(CCn2cnc3cc(NC(=N[C@H]4C[C@@H]5C[C@H]([C@@H]4C)C5(C)C)N4CCc5ccccc5C4)ccc3c2=O)c(F)c1. The maximum atomic E-state index is 14.5. The van der Waals surface area contributed by atoms with Gasteiger partial charge in [0.25, 0.3) is 5.56 Å². The van der Waals surface area contributed by atoms with Crippen LogP contribution in [0, 0.1) is 29.0 Å². The number of guanidine groups is 1. The summed E-state index contributed by atoms with van der Waals surface area (Å²) in [4.78, 5) is 25.8. The number of fused-ring (bicyclic) bond motifs is 4. The number of rotatable bonds is 6. The standard InChI is InChI=1S/C37H42FN5O2/c1-23-31-17-27(37(31,2)3)18-33(23)41-36(42-15-13-24-7-5-6-8-26(24)21-42)40-28-10-12-30-34(19-28)39-22-43(35(30)44)16-14-25-9-11-29(45-4)20-32(25)38/h5-12,19-20,22-23,27,31,33H,13-18,21H2,1-4H3,(H,40,41)/t23-,27-,31+,33-/m0/s1. The summed E-state index contributed by atoms with van der Waals surface area (Å²) < 4.78 is 21.1. The molecule has 3 aromatic carbocycles. The minimum atomic E-state index is -0.343. The van der Waals surface area contributed by atoms with E-state index in [0.29, 0.717) is 52.4 Å². The van der Waals surface area contributed by atoms with E-state index < -0.39 is 0 Å². The number of anilines is 1. The Morgan fingerprint density at radius 2 is 1.93 bits per heavy atom. The molecule has 234 valence electrons. The number of ether oxygens (including phenoxy) is 1. The maximum Gasteiger partial charge on any atom is 0.261 e. The summed E-state index contributed by atoms with van der Waals surface area (Å²) in [5.41, 5.74) is 5.02. The lowest BCUT2D eigenvalue weighted by Crippen LogP contribution is -2.56. The van der Waals surface area contributed by atoms with Crippen LogP contribution >= 0.6 is 0 Å². The average Bonchev–Trinajstić information content (AvgIpc) is 3.05. The predicted molar refractivity (Wildman–Crippen MR) is 177 cm³/mol. The molecule has 4 aliphatic rings. The van der Waals surface area contributed by atoms with Gasteiger partial charge in [0, 0.05) is 31.4 Å². The van der Waals surface area contributed by atoms with E-state index in [9.17, 15) is 9.18 Å². The Morgan fingerprint density at radius 1 is 1.11 bits per heavy atom. The van der Waals surface area contributed by atoms with Gasteiger partial charge in [-0.2, -0.15) is 0 Å². The number of aliphatic imine (C=N–C) groups is 1. The van der Waals surface area contributed by atoms with Crippen molar-refractivity contribution in [3.05, 3.63) is 99.9 Å². The Labute approximate surface area is 264 Å². The molecule has 8 heteroatoms. The third-order valence-corrected chi connectivity index (χ3v) is 11.0.